The van der Waals surface area contributed by atoms with Crippen LogP contribution in [-0.2, 0) is 4.79 Å². The fraction of sp³-hybridized carbons (Fsp3) is 0.625. The Hall–Kier alpha value is -1.23. The lowest BCUT2D eigenvalue weighted by Gasteiger charge is -2.26. The summed E-state index contributed by atoms with van der Waals surface area (Å²) >= 11 is 1.52. The van der Waals surface area contributed by atoms with Gasteiger partial charge in [0.2, 0.25) is 0 Å². The molecular formula is C16H25N3OS. The van der Waals surface area contributed by atoms with Crippen LogP contribution >= 0.6 is 11.8 Å². The van der Waals surface area contributed by atoms with E-state index in [4.69, 9.17) is 0 Å². The van der Waals surface area contributed by atoms with Gasteiger partial charge in [0.25, 0.3) is 0 Å². The van der Waals surface area contributed by atoms with Gasteiger partial charge in [0.15, 0.2) is 5.84 Å². The van der Waals surface area contributed by atoms with Gasteiger partial charge in [-0.1, -0.05) is 32.9 Å². The number of carbonyl (C=O) groups excluding carboxylic acids is 1. The summed E-state index contributed by atoms with van der Waals surface area (Å²) in [6.45, 7) is 15.0. The van der Waals surface area contributed by atoms with Crippen LogP contribution in [0.2, 0.25) is 0 Å². The Balaban J connectivity index is 2.53. The van der Waals surface area contributed by atoms with Gasteiger partial charge in [0.1, 0.15) is 17.4 Å². The Kier molecular flexibility index (Phi) is 7.02. The Morgan fingerprint density at radius 1 is 1.57 bits per heavy atom. The second-order valence-electron chi connectivity index (χ2n) is 5.76. The molecule has 0 saturated heterocycles. The third-order valence-corrected chi connectivity index (χ3v) is 4.85. The highest BCUT2D eigenvalue weighted by Gasteiger charge is 2.21. The van der Waals surface area contributed by atoms with E-state index in [0.717, 1.165) is 30.6 Å². The van der Waals surface area contributed by atoms with Crippen molar-refractivity contribution in [1.82, 2.24) is 0 Å². The molecule has 1 heterocycles. The molecule has 0 fully saturated rings. The minimum Gasteiger partial charge on any atom is -0.301 e. The fourth-order valence-electron chi connectivity index (χ4n) is 2.13. The Morgan fingerprint density at radius 2 is 2.29 bits per heavy atom. The zero-order valence-electron chi connectivity index (χ0n) is 13.3. The molecule has 0 saturated carbocycles. The van der Waals surface area contributed by atoms with Gasteiger partial charge in [0, 0.05) is 12.3 Å². The van der Waals surface area contributed by atoms with Gasteiger partial charge in [-0.2, -0.15) is 0 Å². The fourth-order valence-corrected chi connectivity index (χ4v) is 3.08. The third-order valence-electron chi connectivity index (χ3n) is 3.78. The SMILES string of the molecule is C=NC(=NCCCC(C)(C)C(=C)CC)C1=NC(C=O)CS1. The van der Waals surface area contributed by atoms with Crippen LogP contribution in [0.4, 0.5) is 0 Å². The van der Waals surface area contributed by atoms with Gasteiger partial charge < -0.3 is 4.79 Å². The molecule has 1 rings (SSSR count). The monoisotopic (exact) mass is 307 g/mol. The van der Waals surface area contributed by atoms with Crippen molar-refractivity contribution in [1.29, 1.82) is 0 Å². The molecule has 1 aliphatic rings. The first-order chi connectivity index (χ1) is 9.94. The summed E-state index contributed by atoms with van der Waals surface area (Å²) in [5.41, 5.74) is 1.42. The van der Waals surface area contributed by atoms with Crippen molar-refractivity contribution in [3.63, 3.8) is 0 Å². The standard InChI is InChI=1S/C16H25N3OS/c1-6-12(2)16(3,4)8-7-9-18-14(17-5)15-19-13(10-20)11-21-15/h10,13H,2,5-9,11H2,1,3-4H3. The summed E-state index contributed by atoms with van der Waals surface area (Å²) in [4.78, 5) is 23.4. The van der Waals surface area contributed by atoms with Gasteiger partial charge in [-0.15, -0.1) is 11.8 Å². The molecule has 0 N–H and O–H groups in total. The lowest BCUT2D eigenvalue weighted by Crippen LogP contribution is -2.14. The first kappa shape index (κ1) is 17.8. The molecule has 0 aromatic carbocycles. The lowest BCUT2D eigenvalue weighted by molar-refractivity contribution is -0.108. The summed E-state index contributed by atoms with van der Waals surface area (Å²) in [6, 6.07) is -0.260. The lowest BCUT2D eigenvalue weighted by atomic mass is 9.80. The average Bonchev–Trinajstić information content (AvgIpc) is 2.95. The van der Waals surface area contributed by atoms with E-state index in [1.807, 2.05) is 0 Å². The summed E-state index contributed by atoms with van der Waals surface area (Å²) in [5, 5.41) is 0.735. The molecule has 5 heteroatoms. The van der Waals surface area contributed by atoms with Gasteiger partial charge in [0.05, 0.1) is 0 Å². The van der Waals surface area contributed by atoms with Crippen LogP contribution in [0.5, 0.6) is 0 Å². The zero-order chi connectivity index (χ0) is 15.9. The van der Waals surface area contributed by atoms with E-state index in [1.54, 1.807) is 0 Å². The van der Waals surface area contributed by atoms with Crippen molar-refractivity contribution < 1.29 is 4.79 Å². The number of hydrogen-bond acceptors (Lipinski definition) is 4. The van der Waals surface area contributed by atoms with Gasteiger partial charge in [-0.05, 0) is 31.4 Å². The first-order valence-corrected chi connectivity index (χ1v) is 8.28. The van der Waals surface area contributed by atoms with Crippen LogP contribution in [0.1, 0.15) is 40.0 Å². The maximum absolute atomic E-state index is 10.7. The van der Waals surface area contributed by atoms with Gasteiger partial charge in [-0.25, -0.2) is 4.99 Å². The van der Waals surface area contributed by atoms with E-state index in [-0.39, 0.29) is 11.5 Å². The Labute approximate surface area is 131 Å². The van der Waals surface area contributed by atoms with Crippen LogP contribution < -0.4 is 0 Å². The second kappa shape index (κ2) is 8.27. The highest BCUT2D eigenvalue weighted by Crippen LogP contribution is 2.32. The van der Waals surface area contributed by atoms with Crippen molar-refractivity contribution in [2.24, 2.45) is 20.4 Å². The van der Waals surface area contributed by atoms with E-state index in [1.165, 1.54) is 17.3 Å². The molecule has 0 spiro atoms. The molecule has 1 atom stereocenters. The van der Waals surface area contributed by atoms with Crippen LogP contribution in [0.25, 0.3) is 0 Å². The number of thioether (sulfide) groups is 1. The van der Waals surface area contributed by atoms with Crippen molar-refractivity contribution in [2.75, 3.05) is 12.3 Å². The van der Waals surface area contributed by atoms with E-state index >= 15 is 0 Å². The molecule has 21 heavy (non-hydrogen) atoms. The van der Waals surface area contributed by atoms with Crippen molar-refractivity contribution in [2.45, 2.75) is 46.1 Å². The average molecular weight is 307 g/mol. The summed E-state index contributed by atoms with van der Waals surface area (Å²) in [7, 11) is 0. The number of carbonyl (C=O) groups is 1. The van der Waals surface area contributed by atoms with Crippen molar-refractivity contribution in [3.8, 4) is 0 Å². The molecule has 1 aliphatic heterocycles. The molecular weight excluding hydrogens is 282 g/mol. The second-order valence-corrected chi connectivity index (χ2v) is 6.77. The normalized spacial score (nSPS) is 19.3. The first-order valence-electron chi connectivity index (χ1n) is 7.30. The van der Waals surface area contributed by atoms with E-state index in [0.29, 0.717) is 18.1 Å². The van der Waals surface area contributed by atoms with Crippen LogP contribution in [0, 0.1) is 5.41 Å². The van der Waals surface area contributed by atoms with Crippen LogP contribution in [0.15, 0.2) is 27.1 Å². The molecule has 0 bridgehead atoms. The maximum atomic E-state index is 10.7. The van der Waals surface area contributed by atoms with Crippen molar-refractivity contribution in [3.05, 3.63) is 12.2 Å². The predicted octanol–water partition coefficient (Wildman–Crippen LogP) is 3.57. The minimum atomic E-state index is -0.260. The Bertz CT molecular complexity index is 466. The molecule has 0 aromatic heterocycles. The quantitative estimate of drug-likeness (QED) is 0.226. The number of amidine groups is 1. The number of allylic oxidation sites excluding steroid dienone is 1. The molecule has 0 amide bonds. The maximum Gasteiger partial charge on any atom is 0.179 e. The molecule has 116 valence electrons. The third kappa shape index (κ3) is 5.23. The highest BCUT2D eigenvalue weighted by atomic mass is 32.2. The molecule has 0 radical (unpaired) electrons. The minimum absolute atomic E-state index is 0.147. The van der Waals surface area contributed by atoms with Crippen LogP contribution in [-0.4, -0.2) is 42.2 Å². The molecule has 1 unspecified atom stereocenters. The number of rotatable bonds is 8. The predicted molar refractivity (Wildman–Crippen MR) is 94.0 cm³/mol. The topological polar surface area (TPSA) is 54.1 Å². The number of hydrogen-bond donors (Lipinski definition) is 0. The smallest absolute Gasteiger partial charge is 0.179 e. The van der Waals surface area contributed by atoms with E-state index < -0.39 is 0 Å². The van der Waals surface area contributed by atoms with Gasteiger partial charge >= 0.3 is 0 Å². The van der Waals surface area contributed by atoms with Gasteiger partial charge in [-0.3, -0.25) is 9.98 Å². The highest BCUT2D eigenvalue weighted by molar-refractivity contribution is 8.16. The number of aliphatic imine (C=N–C) groups is 3. The molecule has 0 aliphatic carbocycles. The van der Waals surface area contributed by atoms with E-state index in [2.05, 4.69) is 49.0 Å². The van der Waals surface area contributed by atoms with Crippen molar-refractivity contribution >= 4 is 35.6 Å². The Morgan fingerprint density at radius 3 is 2.81 bits per heavy atom. The zero-order valence-corrected chi connectivity index (χ0v) is 14.1. The largest absolute Gasteiger partial charge is 0.301 e. The molecule has 0 aromatic rings. The van der Waals surface area contributed by atoms with Crippen LogP contribution in [0.3, 0.4) is 0 Å². The summed E-state index contributed by atoms with van der Waals surface area (Å²) in [5.74, 6) is 1.24. The van der Waals surface area contributed by atoms with E-state index in [9.17, 15) is 4.79 Å². The number of aldehydes is 1. The summed E-state index contributed by atoms with van der Waals surface area (Å²) in [6.07, 6.45) is 3.89. The molecule has 4 nitrogen and oxygen atoms in total. The number of nitrogens with zero attached hydrogens (tertiary/aromatic N) is 3. The summed E-state index contributed by atoms with van der Waals surface area (Å²) < 4.78 is 0.